The van der Waals surface area contributed by atoms with Gasteiger partial charge in [-0.2, -0.15) is 18.3 Å². The van der Waals surface area contributed by atoms with E-state index in [0.29, 0.717) is 31.9 Å². The molecule has 0 unspecified atom stereocenters. The van der Waals surface area contributed by atoms with Gasteiger partial charge in [-0.15, -0.1) is 0 Å². The van der Waals surface area contributed by atoms with E-state index in [2.05, 4.69) is 10.5 Å². The normalized spacial score (nSPS) is 14.6. The SMILES string of the molecule is O=C(Cc1cccc(C(F)(F)F)c1)N/N=C/c1cn(CC(=O)N2CCOCC2)c2ccccc12. The van der Waals surface area contributed by atoms with E-state index >= 15 is 0 Å². The van der Waals surface area contributed by atoms with Crippen LogP contribution in [0.15, 0.2) is 59.8 Å². The molecule has 10 heteroatoms. The van der Waals surface area contributed by atoms with Crippen LogP contribution in [-0.2, 0) is 33.5 Å². The summed E-state index contributed by atoms with van der Waals surface area (Å²) in [6, 6.07) is 12.1. The van der Waals surface area contributed by atoms with Gasteiger partial charge in [-0.25, -0.2) is 5.43 Å². The molecule has 1 aliphatic heterocycles. The smallest absolute Gasteiger partial charge is 0.378 e. The number of benzene rings is 2. The van der Waals surface area contributed by atoms with Crippen molar-refractivity contribution in [1.29, 1.82) is 0 Å². The van der Waals surface area contributed by atoms with Gasteiger partial charge in [0, 0.05) is 35.8 Å². The van der Waals surface area contributed by atoms with Crippen molar-refractivity contribution in [2.45, 2.75) is 19.1 Å². The third kappa shape index (κ3) is 5.63. The van der Waals surface area contributed by atoms with Crippen LogP contribution in [-0.4, -0.2) is 53.8 Å². The standard InChI is InChI=1S/C24H23F3N4O3/c25-24(26,27)19-5-3-4-17(12-19)13-22(32)29-28-14-18-15-31(21-7-2-1-6-20(18)21)16-23(33)30-8-10-34-11-9-30/h1-7,12,14-15H,8-11,13,16H2,(H,29,32)/b28-14+. The maximum Gasteiger partial charge on any atom is 0.416 e. The van der Waals surface area contributed by atoms with Crippen molar-refractivity contribution >= 4 is 28.9 Å². The fraction of sp³-hybridized carbons (Fsp3) is 0.292. The lowest BCUT2D eigenvalue weighted by atomic mass is 10.1. The second kappa shape index (κ2) is 10.1. The lowest BCUT2D eigenvalue weighted by molar-refractivity contribution is -0.138. The van der Waals surface area contributed by atoms with Crippen LogP contribution in [0.4, 0.5) is 13.2 Å². The highest BCUT2D eigenvalue weighted by molar-refractivity contribution is 6.00. The Morgan fingerprint density at radius 3 is 2.62 bits per heavy atom. The molecule has 1 N–H and O–H groups in total. The second-order valence-electron chi connectivity index (χ2n) is 7.89. The van der Waals surface area contributed by atoms with Gasteiger partial charge in [-0.3, -0.25) is 9.59 Å². The Labute approximate surface area is 193 Å². The van der Waals surface area contributed by atoms with E-state index < -0.39 is 17.6 Å². The minimum Gasteiger partial charge on any atom is -0.378 e. The van der Waals surface area contributed by atoms with E-state index in [1.807, 2.05) is 28.8 Å². The summed E-state index contributed by atoms with van der Waals surface area (Å²) < 4.78 is 45.7. The molecule has 2 heterocycles. The van der Waals surface area contributed by atoms with Crippen LogP contribution in [0.3, 0.4) is 0 Å². The van der Waals surface area contributed by atoms with Crippen molar-refractivity contribution in [1.82, 2.24) is 14.9 Å². The van der Waals surface area contributed by atoms with E-state index in [4.69, 9.17) is 4.74 Å². The number of hydrazone groups is 1. The molecule has 7 nitrogen and oxygen atoms in total. The molecule has 2 aromatic carbocycles. The number of amides is 2. The molecule has 0 bridgehead atoms. The van der Waals surface area contributed by atoms with Gasteiger partial charge in [-0.1, -0.05) is 36.4 Å². The number of ether oxygens (including phenoxy) is 1. The van der Waals surface area contributed by atoms with Gasteiger partial charge in [0.2, 0.25) is 11.8 Å². The average Bonchev–Trinajstić information content (AvgIpc) is 3.16. The number of alkyl halides is 3. The maximum absolute atomic E-state index is 12.9. The number of nitrogens with one attached hydrogen (secondary N) is 1. The van der Waals surface area contributed by atoms with Crippen molar-refractivity contribution in [3.63, 3.8) is 0 Å². The predicted octanol–water partition coefficient (Wildman–Crippen LogP) is 3.21. The molecule has 0 aliphatic carbocycles. The van der Waals surface area contributed by atoms with Gasteiger partial charge >= 0.3 is 6.18 Å². The maximum atomic E-state index is 12.9. The third-order valence-electron chi connectivity index (χ3n) is 5.50. The zero-order valence-corrected chi connectivity index (χ0v) is 18.2. The molecule has 34 heavy (non-hydrogen) atoms. The van der Waals surface area contributed by atoms with Crippen molar-refractivity contribution in [2.75, 3.05) is 26.3 Å². The van der Waals surface area contributed by atoms with E-state index in [-0.39, 0.29) is 24.4 Å². The first-order valence-corrected chi connectivity index (χ1v) is 10.7. The number of hydrogen-bond acceptors (Lipinski definition) is 4. The first-order valence-electron chi connectivity index (χ1n) is 10.7. The summed E-state index contributed by atoms with van der Waals surface area (Å²) in [5.74, 6) is -0.552. The van der Waals surface area contributed by atoms with Crippen LogP contribution in [0.1, 0.15) is 16.7 Å². The number of nitrogens with zero attached hydrogens (tertiary/aromatic N) is 3. The lowest BCUT2D eigenvalue weighted by Crippen LogP contribution is -2.42. The Morgan fingerprint density at radius 2 is 1.85 bits per heavy atom. The molecule has 0 spiro atoms. The van der Waals surface area contributed by atoms with Crippen molar-refractivity contribution < 1.29 is 27.5 Å². The summed E-state index contributed by atoms with van der Waals surface area (Å²) in [5.41, 5.74) is 3.33. The summed E-state index contributed by atoms with van der Waals surface area (Å²) in [5, 5.41) is 4.82. The predicted molar refractivity (Wildman–Crippen MR) is 120 cm³/mol. The Bertz CT molecular complexity index is 1210. The Hall–Kier alpha value is -3.66. The minimum atomic E-state index is -4.47. The molecule has 1 aliphatic rings. The van der Waals surface area contributed by atoms with Crippen LogP contribution in [0, 0.1) is 0 Å². The molecular weight excluding hydrogens is 449 g/mol. The highest BCUT2D eigenvalue weighted by atomic mass is 19.4. The molecule has 2 amide bonds. The van der Waals surface area contributed by atoms with Gasteiger partial charge in [0.05, 0.1) is 31.4 Å². The third-order valence-corrected chi connectivity index (χ3v) is 5.50. The van der Waals surface area contributed by atoms with Gasteiger partial charge in [0.15, 0.2) is 0 Å². The van der Waals surface area contributed by atoms with Crippen molar-refractivity contribution in [2.24, 2.45) is 5.10 Å². The number of hydrogen-bond donors (Lipinski definition) is 1. The molecule has 178 valence electrons. The van der Waals surface area contributed by atoms with Crippen LogP contribution in [0.2, 0.25) is 0 Å². The molecule has 0 saturated carbocycles. The number of morpholine rings is 1. The molecule has 3 aromatic rings. The number of halogens is 3. The molecular formula is C24H23F3N4O3. The summed E-state index contributed by atoms with van der Waals surface area (Å²) >= 11 is 0. The monoisotopic (exact) mass is 472 g/mol. The first-order chi connectivity index (χ1) is 16.3. The van der Waals surface area contributed by atoms with E-state index in [9.17, 15) is 22.8 Å². The molecule has 0 radical (unpaired) electrons. The number of carbonyl (C=O) groups is 2. The van der Waals surface area contributed by atoms with Crippen LogP contribution in [0.5, 0.6) is 0 Å². The number of rotatable bonds is 6. The topological polar surface area (TPSA) is 75.9 Å². The first kappa shape index (κ1) is 23.5. The molecule has 4 rings (SSSR count). The highest BCUT2D eigenvalue weighted by Gasteiger charge is 2.30. The fourth-order valence-electron chi connectivity index (χ4n) is 3.82. The van der Waals surface area contributed by atoms with Gasteiger partial charge in [0.25, 0.3) is 0 Å². The van der Waals surface area contributed by atoms with Crippen LogP contribution in [0.25, 0.3) is 10.9 Å². The van der Waals surface area contributed by atoms with E-state index in [1.54, 1.807) is 11.1 Å². The van der Waals surface area contributed by atoms with Crippen molar-refractivity contribution in [3.05, 3.63) is 71.4 Å². The molecule has 0 atom stereocenters. The zero-order chi connectivity index (χ0) is 24.1. The van der Waals surface area contributed by atoms with Gasteiger partial charge in [0.1, 0.15) is 6.54 Å². The number of carbonyl (C=O) groups excluding carboxylic acids is 2. The largest absolute Gasteiger partial charge is 0.416 e. The second-order valence-corrected chi connectivity index (χ2v) is 7.89. The van der Waals surface area contributed by atoms with Crippen LogP contribution < -0.4 is 5.43 Å². The van der Waals surface area contributed by atoms with Crippen LogP contribution >= 0.6 is 0 Å². The molecule has 1 aromatic heterocycles. The summed E-state index contributed by atoms with van der Waals surface area (Å²) in [6.07, 6.45) is -1.47. The summed E-state index contributed by atoms with van der Waals surface area (Å²) in [6.45, 7) is 2.33. The number of para-hydroxylation sites is 1. The van der Waals surface area contributed by atoms with Gasteiger partial charge < -0.3 is 14.2 Å². The number of aromatic nitrogens is 1. The summed E-state index contributed by atoms with van der Waals surface area (Å²) in [7, 11) is 0. The minimum absolute atomic E-state index is 0.0121. The van der Waals surface area contributed by atoms with E-state index in [1.165, 1.54) is 18.3 Å². The highest BCUT2D eigenvalue weighted by Crippen LogP contribution is 2.29. The molecule has 1 fully saturated rings. The Kier molecular flexibility index (Phi) is 6.97. The van der Waals surface area contributed by atoms with Gasteiger partial charge in [-0.05, 0) is 17.7 Å². The van der Waals surface area contributed by atoms with Crippen molar-refractivity contribution in [3.8, 4) is 0 Å². The molecule has 1 saturated heterocycles. The average molecular weight is 472 g/mol. The quantitative estimate of drug-likeness (QED) is 0.442. The zero-order valence-electron chi connectivity index (χ0n) is 18.2. The summed E-state index contributed by atoms with van der Waals surface area (Å²) in [4.78, 5) is 26.6. The van der Waals surface area contributed by atoms with E-state index in [0.717, 1.165) is 23.0 Å². The Balaban J connectivity index is 1.43. The lowest BCUT2D eigenvalue weighted by Gasteiger charge is -2.27. The fourth-order valence-corrected chi connectivity index (χ4v) is 3.82. The Morgan fingerprint density at radius 1 is 1.09 bits per heavy atom. The number of fused-ring (bicyclic) bond motifs is 1.